The van der Waals surface area contributed by atoms with Gasteiger partial charge in [0.2, 0.25) is 0 Å². The Bertz CT molecular complexity index is 398. The number of esters is 1. The second-order valence-corrected chi connectivity index (χ2v) is 4.27. The van der Waals surface area contributed by atoms with Crippen LogP contribution in [0.15, 0.2) is 24.3 Å². The number of Topliss-reactive ketones (excluding diaryl/α,β-unsaturated/α-hetero) is 1. The largest absolute Gasteiger partial charge is 0.469 e. The van der Waals surface area contributed by atoms with Crippen LogP contribution in [0.4, 0.5) is 0 Å². The van der Waals surface area contributed by atoms with E-state index in [1.165, 1.54) is 14.0 Å². The molecule has 1 aromatic rings. The van der Waals surface area contributed by atoms with Gasteiger partial charge in [0.05, 0.1) is 7.11 Å². The summed E-state index contributed by atoms with van der Waals surface area (Å²) in [6.07, 6.45) is 0.701. The van der Waals surface area contributed by atoms with Gasteiger partial charge in [-0.25, -0.2) is 0 Å². The highest BCUT2D eigenvalue weighted by Gasteiger charge is 2.18. The van der Waals surface area contributed by atoms with Crippen molar-refractivity contribution in [3.8, 4) is 0 Å². The summed E-state index contributed by atoms with van der Waals surface area (Å²) < 4.78 is 4.56. The number of carbonyl (C=O) groups excluding carboxylic acids is 2. The number of benzene rings is 1. The van der Waals surface area contributed by atoms with Crippen molar-refractivity contribution in [3.05, 3.63) is 34.9 Å². The van der Waals surface area contributed by atoms with Crippen molar-refractivity contribution in [2.24, 2.45) is 0 Å². The summed E-state index contributed by atoms with van der Waals surface area (Å²) in [5.41, 5.74) is 0.880. The van der Waals surface area contributed by atoms with Crippen molar-refractivity contribution in [1.82, 2.24) is 0 Å². The maximum absolute atomic E-state index is 11.5. The number of ketones is 1. The first kappa shape index (κ1) is 13.7. The average Bonchev–Trinajstić information content (AvgIpc) is 2.31. The SMILES string of the molecule is COC(=O)CC[C@H](C(C)=O)c1ccc(Cl)cc1. The van der Waals surface area contributed by atoms with E-state index in [0.29, 0.717) is 11.4 Å². The smallest absolute Gasteiger partial charge is 0.305 e. The first-order valence-electron chi connectivity index (χ1n) is 5.37. The number of ether oxygens (including phenoxy) is 1. The second-order valence-electron chi connectivity index (χ2n) is 3.83. The fraction of sp³-hybridized carbons (Fsp3) is 0.385. The minimum absolute atomic E-state index is 0.0382. The van der Waals surface area contributed by atoms with Crippen LogP contribution >= 0.6 is 11.6 Å². The molecule has 1 aromatic carbocycles. The van der Waals surface area contributed by atoms with Crippen molar-refractivity contribution in [2.45, 2.75) is 25.7 Å². The number of hydrogen-bond acceptors (Lipinski definition) is 3. The molecule has 0 aliphatic rings. The van der Waals surface area contributed by atoms with Crippen LogP contribution in [0.25, 0.3) is 0 Å². The molecule has 0 spiro atoms. The van der Waals surface area contributed by atoms with Gasteiger partial charge in [-0.1, -0.05) is 23.7 Å². The van der Waals surface area contributed by atoms with E-state index in [1.807, 2.05) is 12.1 Å². The molecule has 0 saturated carbocycles. The second kappa shape index (κ2) is 6.40. The predicted octanol–water partition coefficient (Wildman–Crippen LogP) is 2.97. The zero-order valence-corrected chi connectivity index (χ0v) is 10.7. The molecule has 0 fully saturated rings. The molecule has 0 heterocycles. The van der Waals surface area contributed by atoms with E-state index in [4.69, 9.17) is 11.6 Å². The van der Waals surface area contributed by atoms with E-state index in [2.05, 4.69) is 4.74 Å². The van der Waals surface area contributed by atoms with Gasteiger partial charge in [-0.05, 0) is 31.0 Å². The molecule has 0 aliphatic heterocycles. The van der Waals surface area contributed by atoms with Crippen LogP contribution in [0.5, 0.6) is 0 Å². The average molecular weight is 255 g/mol. The van der Waals surface area contributed by atoms with Gasteiger partial charge in [0, 0.05) is 17.4 Å². The Balaban J connectivity index is 2.75. The van der Waals surface area contributed by atoms with Crippen molar-refractivity contribution in [3.63, 3.8) is 0 Å². The third-order valence-electron chi connectivity index (χ3n) is 2.63. The topological polar surface area (TPSA) is 43.4 Å². The Morgan fingerprint density at radius 3 is 2.35 bits per heavy atom. The monoisotopic (exact) mass is 254 g/mol. The molecule has 0 amide bonds. The Hall–Kier alpha value is -1.35. The highest BCUT2D eigenvalue weighted by Crippen LogP contribution is 2.24. The molecule has 1 atom stereocenters. The minimum atomic E-state index is -0.301. The molecule has 4 heteroatoms. The number of hydrogen-bond donors (Lipinski definition) is 0. The molecule has 3 nitrogen and oxygen atoms in total. The summed E-state index contributed by atoms with van der Waals surface area (Å²) >= 11 is 5.79. The standard InChI is InChI=1S/C13H15ClO3/c1-9(15)12(7-8-13(16)17-2)10-3-5-11(14)6-4-10/h3-6,12H,7-8H2,1-2H3/t12-/m1/s1. The number of methoxy groups -OCH3 is 1. The molecule has 0 unspecified atom stereocenters. The summed E-state index contributed by atoms with van der Waals surface area (Å²) in [7, 11) is 1.34. The van der Waals surface area contributed by atoms with Gasteiger partial charge in [0.25, 0.3) is 0 Å². The molecule has 0 N–H and O–H groups in total. The number of rotatable bonds is 5. The van der Waals surface area contributed by atoms with Crippen molar-refractivity contribution in [2.75, 3.05) is 7.11 Å². The van der Waals surface area contributed by atoms with Crippen LogP contribution in [0.2, 0.25) is 5.02 Å². The van der Waals surface area contributed by atoms with E-state index < -0.39 is 0 Å². The van der Waals surface area contributed by atoms with Gasteiger partial charge in [-0.3, -0.25) is 9.59 Å². The maximum atomic E-state index is 11.5. The van der Waals surface area contributed by atoms with Gasteiger partial charge in [-0.2, -0.15) is 0 Å². The lowest BCUT2D eigenvalue weighted by molar-refractivity contribution is -0.140. The third-order valence-corrected chi connectivity index (χ3v) is 2.88. The highest BCUT2D eigenvalue weighted by molar-refractivity contribution is 6.30. The molecule has 0 saturated heterocycles. The third kappa shape index (κ3) is 4.19. The molecular formula is C13H15ClO3. The Morgan fingerprint density at radius 1 is 1.29 bits per heavy atom. The molecule has 0 aliphatic carbocycles. The Labute approximate surface area is 106 Å². The summed E-state index contributed by atoms with van der Waals surface area (Å²) in [6.45, 7) is 1.52. The Kier molecular flexibility index (Phi) is 5.16. The quantitative estimate of drug-likeness (QED) is 0.759. The number of carbonyl (C=O) groups is 2. The van der Waals surface area contributed by atoms with Crippen LogP contribution in [0.3, 0.4) is 0 Å². The van der Waals surface area contributed by atoms with E-state index in [1.54, 1.807) is 12.1 Å². The molecule has 0 bridgehead atoms. The molecule has 92 valence electrons. The lowest BCUT2D eigenvalue weighted by Gasteiger charge is -2.13. The fourth-order valence-electron chi connectivity index (χ4n) is 1.66. The molecule has 0 aromatic heterocycles. The fourth-order valence-corrected chi connectivity index (χ4v) is 1.79. The van der Waals surface area contributed by atoms with Crippen LogP contribution in [0.1, 0.15) is 31.2 Å². The zero-order valence-electron chi connectivity index (χ0n) is 9.90. The van der Waals surface area contributed by atoms with Gasteiger partial charge in [-0.15, -0.1) is 0 Å². The lowest BCUT2D eigenvalue weighted by Crippen LogP contribution is -2.11. The highest BCUT2D eigenvalue weighted by atomic mass is 35.5. The summed E-state index contributed by atoms with van der Waals surface area (Å²) in [4.78, 5) is 22.6. The zero-order chi connectivity index (χ0) is 12.8. The lowest BCUT2D eigenvalue weighted by atomic mass is 9.91. The van der Waals surface area contributed by atoms with Gasteiger partial charge < -0.3 is 4.74 Å². The maximum Gasteiger partial charge on any atom is 0.305 e. The van der Waals surface area contributed by atoms with Gasteiger partial charge >= 0.3 is 5.97 Å². The molecule has 0 radical (unpaired) electrons. The molecular weight excluding hydrogens is 240 g/mol. The number of halogens is 1. The Morgan fingerprint density at radius 2 is 1.88 bits per heavy atom. The van der Waals surface area contributed by atoms with E-state index in [-0.39, 0.29) is 24.1 Å². The summed E-state index contributed by atoms with van der Waals surface area (Å²) in [5, 5.41) is 0.629. The van der Waals surface area contributed by atoms with Crippen LogP contribution < -0.4 is 0 Å². The van der Waals surface area contributed by atoms with Crippen LogP contribution in [-0.4, -0.2) is 18.9 Å². The molecule has 17 heavy (non-hydrogen) atoms. The first-order valence-corrected chi connectivity index (χ1v) is 5.75. The van der Waals surface area contributed by atoms with E-state index >= 15 is 0 Å². The first-order chi connectivity index (χ1) is 8.04. The van der Waals surface area contributed by atoms with Gasteiger partial charge in [0.15, 0.2) is 0 Å². The normalized spacial score (nSPS) is 11.9. The van der Waals surface area contributed by atoms with Crippen molar-refractivity contribution in [1.29, 1.82) is 0 Å². The summed E-state index contributed by atoms with van der Waals surface area (Å²) in [6, 6.07) is 7.10. The minimum Gasteiger partial charge on any atom is -0.469 e. The van der Waals surface area contributed by atoms with Crippen LogP contribution in [-0.2, 0) is 14.3 Å². The van der Waals surface area contributed by atoms with E-state index in [0.717, 1.165) is 5.56 Å². The van der Waals surface area contributed by atoms with Crippen molar-refractivity contribution >= 4 is 23.4 Å². The predicted molar refractivity (Wildman–Crippen MR) is 66.1 cm³/mol. The van der Waals surface area contributed by atoms with Crippen molar-refractivity contribution < 1.29 is 14.3 Å². The molecule has 1 rings (SSSR count). The van der Waals surface area contributed by atoms with E-state index in [9.17, 15) is 9.59 Å². The summed E-state index contributed by atoms with van der Waals surface area (Å²) in [5.74, 6) is -0.534. The van der Waals surface area contributed by atoms with Crippen LogP contribution in [0, 0.1) is 0 Å². The van der Waals surface area contributed by atoms with Gasteiger partial charge in [0.1, 0.15) is 5.78 Å².